The Morgan fingerprint density at radius 1 is 1.42 bits per heavy atom. The van der Waals surface area contributed by atoms with Gasteiger partial charge in [0, 0.05) is 19.0 Å². The van der Waals surface area contributed by atoms with Crippen molar-refractivity contribution < 1.29 is 19.1 Å². The highest BCUT2D eigenvalue weighted by atomic mass is 32.2. The number of thioether (sulfide) groups is 1. The topological polar surface area (TPSA) is 95.3 Å². The zero-order valence-corrected chi connectivity index (χ0v) is 15.4. The number of esters is 1. The minimum absolute atomic E-state index is 0.0493. The molecule has 1 unspecified atom stereocenters. The van der Waals surface area contributed by atoms with Crippen molar-refractivity contribution >= 4 is 29.5 Å². The van der Waals surface area contributed by atoms with E-state index in [9.17, 15) is 9.59 Å². The second-order valence-corrected chi connectivity index (χ2v) is 6.81. The lowest BCUT2D eigenvalue weighted by molar-refractivity contribution is 0.0527. The number of hydrogen-bond donors (Lipinski definition) is 1. The molecule has 1 amide bonds. The summed E-state index contributed by atoms with van der Waals surface area (Å²) in [5.41, 5.74) is 0.502. The lowest BCUT2D eigenvalue weighted by Gasteiger charge is -2.15. The molecule has 1 aliphatic heterocycles. The summed E-state index contributed by atoms with van der Waals surface area (Å²) < 4.78 is 12.3. The number of aryl methyl sites for hydroxylation is 1. The number of carbonyl (C=O) groups excluding carboxylic acids is 2. The fourth-order valence-electron chi connectivity index (χ4n) is 2.54. The SMILES string of the molecule is CCOC(=O)c1cnn(C)c1NC(=O)c1cccnc1OC1CCSC1. The molecule has 1 N–H and O–H groups in total. The predicted octanol–water partition coefficient (Wildman–Crippen LogP) is 2.13. The summed E-state index contributed by atoms with van der Waals surface area (Å²) in [5.74, 6) is 1.51. The van der Waals surface area contributed by atoms with Gasteiger partial charge in [-0.05, 0) is 31.2 Å². The van der Waals surface area contributed by atoms with E-state index in [1.165, 1.54) is 10.9 Å². The summed E-state index contributed by atoms with van der Waals surface area (Å²) in [5, 5.41) is 6.74. The van der Waals surface area contributed by atoms with Crippen LogP contribution in [0, 0.1) is 0 Å². The van der Waals surface area contributed by atoms with Crippen LogP contribution in [0.4, 0.5) is 5.82 Å². The quantitative estimate of drug-likeness (QED) is 0.772. The van der Waals surface area contributed by atoms with E-state index in [0.717, 1.165) is 17.9 Å². The molecule has 2 aromatic rings. The zero-order valence-electron chi connectivity index (χ0n) is 14.6. The molecule has 3 heterocycles. The molecule has 2 aromatic heterocycles. The first-order valence-electron chi connectivity index (χ1n) is 8.30. The second kappa shape index (κ2) is 8.22. The van der Waals surface area contributed by atoms with Crippen LogP contribution in [0.3, 0.4) is 0 Å². The number of amides is 1. The van der Waals surface area contributed by atoms with Crippen LogP contribution in [0.15, 0.2) is 24.5 Å². The smallest absolute Gasteiger partial charge is 0.343 e. The number of ether oxygens (including phenoxy) is 2. The van der Waals surface area contributed by atoms with Crippen molar-refractivity contribution in [3.05, 3.63) is 35.7 Å². The zero-order chi connectivity index (χ0) is 18.5. The van der Waals surface area contributed by atoms with Gasteiger partial charge in [-0.2, -0.15) is 16.9 Å². The van der Waals surface area contributed by atoms with Gasteiger partial charge in [0.25, 0.3) is 5.91 Å². The van der Waals surface area contributed by atoms with E-state index >= 15 is 0 Å². The lowest BCUT2D eigenvalue weighted by Crippen LogP contribution is -2.21. The predicted molar refractivity (Wildman–Crippen MR) is 97.7 cm³/mol. The van der Waals surface area contributed by atoms with E-state index < -0.39 is 11.9 Å². The number of carbonyl (C=O) groups is 2. The maximum absolute atomic E-state index is 12.8. The summed E-state index contributed by atoms with van der Waals surface area (Å²) in [6.07, 6.45) is 3.93. The largest absolute Gasteiger partial charge is 0.473 e. The van der Waals surface area contributed by atoms with E-state index in [0.29, 0.717) is 5.56 Å². The number of anilines is 1. The van der Waals surface area contributed by atoms with Crippen LogP contribution in [0.25, 0.3) is 0 Å². The summed E-state index contributed by atoms with van der Waals surface area (Å²) in [6, 6.07) is 3.31. The number of hydrogen-bond acceptors (Lipinski definition) is 7. The fraction of sp³-hybridized carbons (Fsp3) is 0.412. The number of pyridine rings is 1. The van der Waals surface area contributed by atoms with E-state index in [2.05, 4.69) is 15.4 Å². The van der Waals surface area contributed by atoms with Crippen molar-refractivity contribution in [1.82, 2.24) is 14.8 Å². The molecule has 9 heteroatoms. The highest BCUT2D eigenvalue weighted by molar-refractivity contribution is 7.99. The Hall–Kier alpha value is -2.55. The van der Waals surface area contributed by atoms with Crippen molar-refractivity contribution in [2.24, 2.45) is 7.05 Å². The molecule has 26 heavy (non-hydrogen) atoms. The molecule has 1 fully saturated rings. The average Bonchev–Trinajstić information content (AvgIpc) is 3.26. The Morgan fingerprint density at radius 2 is 2.27 bits per heavy atom. The van der Waals surface area contributed by atoms with Gasteiger partial charge in [-0.25, -0.2) is 9.78 Å². The van der Waals surface area contributed by atoms with Gasteiger partial charge < -0.3 is 14.8 Å². The maximum atomic E-state index is 12.8. The van der Waals surface area contributed by atoms with Crippen LogP contribution in [0.1, 0.15) is 34.1 Å². The van der Waals surface area contributed by atoms with Crippen molar-refractivity contribution in [3.63, 3.8) is 0 Å². The van der Waals surface area contributed by atoms with Crippen LogP contribution in [0.2, 0.25) is 0 Å². The summed E-state index contributed by atoms with van der Waals surface area (Å²) >= 11 is 1.81. The van der Waals surface area contributed by atoms with Gasteiger partial charge in [0.1, 0.15) is 23.0 Å². The highest BCUT2D eigenvalue weighted by Gasteiger charge is 2.24. The summed E-state index contributed by atoms with van der Waals surface area (Å²) in [7, 11) is 1.63. The Balaban J connectivity index is 1.81. The third-order valence-corrected chi connectivity index (χ3v) is 4.98. The molecule has 3 rings (SSSR count). The summed E-state index contributed by atoms with van der Waals surface area (Å²) in [6.45, 7) is 1.95. The molecule has 138 valence electrons. The molecule has 0 spiro atoms. The van der Waals surface area contributed by atoms with Gasteiger partial charge in [-0.15, -0.1) is 0 Å². The van der Waals surface area contributed by atoms with Gasteiger partial charge in [-0.3, -0.25) is 9.48 Å². The van der Waals surface area contributed by atoms with Crippen molar-refractivity contribution in [3.8, 4) is 5.88 Å². The lowest BCUT2D eigenvalue weighted by atomic mass is 10.2. The van der Waals surface area contributed by atoms with Crippen molar-refractivity contribution in [1.29, 1.82) is 0 Å². The van der Waals surface area contributed by atoms with Crippen LogP contribution >= 0.6 is 11.8 Å². The van der Waals surface area contributed by atoms with E-state index in [1.807, 2.05) is 11.8 Å². The maximum Gasteiger partial charge on any atom is 0.343 e. The fourth-order valence-corrected chi connectivity index (χ4v) is 3.63. The Labute approximate surface area is 155 Å². The van der Waals surface area contributed by atoms with Crippen LogP contribution in [0.5, 0.6) is 5.88 Å². The van der Waals surface area contributed by atoms with Gasteiger partial charge in [-0.1, -0.05) is 0 Å². The second-order valence-electron chi connectivity index (χ2n) is 5.66. The molecule has 8 nitrogen and oxygen atoms in total. The van der Waals surface area contributed by atoms with Crippen molar-refractivity contribution in [2.75, 3.05) is 23.4 Å². The van der Waals surface area contributed by atoms with E-state index in [4.69, 9.17) is 9.47 Å². The van der Waals surface area contributed by atoms with Crippen LogP contribution in [-0.4, -0.2) is 50.9 Å². The molecule has 0 aromatic carbocycles. The van der Waals surface area contributed by atoms with Crippen LogP contribution in [-0.2, 0) is 11.8 Å². The minimum Gasteiger partial charge on any atom is -0.473 e. The standard InChI is InChI=1S/C17H20N4O4S/c1-3-24-17(23)13-9-19-21(2)14(13)20-15(22)12-5-4-7-18-16(12)25-11-6-8-26-10-11/h4-5,7,9,11H,3,6,8,10H2,1-2H3,(H,20,22). The molecule has 1 atom stereocenters. The number of aromatic nitrogens is 3. The first-order valence-corrected chi connectivity index (χ1v) is 9.45. The minimum atomic E-state index is -0.540. The Bertz CT molecular complexity index is 802. The normalized spacial score (nSPS) is 16.3. The first-order chi connectivity index (χ1) is 12.6. The molecule has 0 bridgehead atoms. The third kappa shape index (κ3) is 3.98. The third-order valence-electron chi connectivity index (χ3n) is 3.85. The first kappa shape index (κ1) is 18.2. The molecule has 0 radical (unpaired) electrons. The molecular weight excluding hydrogens is 356 g/mol. The monoisotopic (exact) mass is 376 g/mol. The Morgan fingerprint density at radius 3 is 3.00 bits per heavy atom. The van der Waals surface area contributed by atoms with E-state index in [1.54, 1.807) is 32.3 Å². The average molecular weight is 376 g/mol. The molecular formula is C17H20N4O4S. The molecule has 0 saturated carbocycles. The number of nitrogens with one attached hydrogen (secondary N) is 1. The van der Waals surface area contributed by atoms with Gasteiger partial charge in [0.05, 0.1) is 12.8 Å². The van der Waals surface area contributed by atoms with Gasteiger partial charge >= 0.3 is 5.97 Å². The molecule has 0 aliphatic carbocycles. The van der Waals surface area contributed by atoms with Crippen molar-refractivity contribution in [2.45, 2.75) is 19.4 Å². The molecule has 1 aliphatic rings. The van der Waals surface area contributed by atoms with Gasteiger partial charge in [0.2, 0.25) is 5.88 Å². The van der Waals surface area contributed by atoms with E-state index in [-0.39, 0.29) is 30.0 Å². The number of rotatable bonds is 6. The van der Waals surface area contributed by atoms with Gasteiger partial charge in [0.15, 0.2) is 0 Å². The van der Waals surface area contributed by atoms with Crippen LogP contribution < -0.4 is 10.1 Å². The summed E-state index contributed by atoms with van der Waals surface area (Å²) in [4.78, 5) is 29.0. The highest BCUT2D eigenvalue weighted by Crippen LogP contribution is 2.25. The number of nitrogens with zero attached hydrogens (tertiary/aromatic N) is 3. The molecule has 1 saturated heterocycles. The Kier molecular flexibility index (Phi) is 5.77.